The molecule has 0 bridgehead atoms. The van der Waals surface area contributed by atoms with Crippen molar-refractivity contribution in [1.82, 2.24) is 0 Å². The van der Waals surface area contributed by atoms with Crippen LogP contribution in [-0.2, 0) is 0 Å². The van der Waals surface area contributed by atoms with Gasteiger partial charge in [0.25, 0.3) is 5.91 Å². The van der Waals surface area contributed by atoms with Gasteiger partial charge in [-0.3, -0.25) is 4.79 Å². The molecule has 2 aromatic rings. The Morgan fingerprint density at radius 3 is 2.62 bits per heavy atom. The summed E-state index contributed by atoms with van der Waals surface area (Å²) < 4.78 is 6.31. The van der Waals surface area contributed by atoms with Gasteiger partial charge in [0.2, 0.25) is 0 Å². The molecule has 0 aliphatic rings. The second-order valence-electron chi connectivity index (χ2n) is 4.53. The second-order valence-corrected chi connectivity index (χ2v) is 5.38. The lowest BCUT2D eigenvalue weighted by Crippen LogP contribution is -2.13. The van der Waals surface area contributed by atoms with E-state index in [0.717, 1.165) is 21.5 Å². The van der Waals surface area contributed by atoms with E-state index >= 15 is 0 Å². The van der Waals surface area contributed by atoms with Gasteiger partial charge >= 0.3 is 0 Å². The van der Waals surface area contributed by atoms with E-state index in [9.17, 15) is 4.79 Å². The molecule has 5 heteroatoms. The molecule has 0 saturated heterocycles. The molecule has 2 rings (SSSR count). The predicted molar refractivity (Wildman–Crippen MR) is 87.8 cm³/mol. The third kappa shape index (κ3) is 4.06. The first-order valence-electron chi connectivity index (χ1n) is 6.61. The maximum absolute atomic E-state index is 12.3. The topological polar surface area (TPSA) is 64.3 Å². The van der Waals surface area contributed by atoms with Crippen LogP contribution >= 0.6 is 15.9 Å². The number of ether oxygens (including phenoxy) is 1. The van der Waals surface area contributed by atoms with Crippen LogP contribution in [0, 0.1) is 6.92 Å². The molecular formula is C16H17BrN2O2. The quantitative estimate of drug-likeness (QED) is 0.870. The van der Waals surface area contributed by atoms with Crippen molar-refractivity contribution in [3.63, 3.8) is 0 Å². The van der Waals surface area contributed by atoms with Crippen LogP contribution in [-0.4, -0.2) is 19.1 Å². The SMILES string of the molecule is Cc1c(Br)cccc1C(=O)Nc1ccc(OCCN)cc1. The van der Waals surface area contributed by atoms with Crippen molar-refractivity contribution < 1.29 is 9.53 Å². The van der Waals surface area contributed by atoms with Crippen molar-refractivity contribution >= 4 is 27.5 Å². The smallest absolute Gasteiger partial charge is 0.255 e. The van der Waals surface area contributed by atoms with Gasteiger partial charge in [-0.2, -0.15) is 0 Å². The zero-order chi connectivity index (χ0) is 15.2. The number of hydrogen-bond donors (Lipinski definition) is 2. The van der Waals surface area contributed by atoms with Crippen LogP contribution in [0.4, 0.5) is 5.69 Å². The van der Waals surface area contributed by atoms with Crippen molar-refractivity contribution in [3.05, 3.63) is 58.1 Å². The molecule has 2 aromatic carbocycles. The molecule has 4 nitrogen and oxygen atoms in total. The summed E-state index contributed by atoms with van der Waals surface area (Å²) in [5.41, 5.74) is 7.66. The molecule has 0 heterocycles. The van der Waals surface area contributed by atoms with Gasteiger partial charge in [0.1, 0.15) is 12.4 Å². The lowest BCUT2D eigenvalue weighted by atomic mass is 10.1. The molecule has 0 aliphatic heterocycles. The average Bonchev–Trinajstić information content (AvgIpc) is 2.49. The standard InChI is InChI=1S/C16H17BrN2O2/c1-11-14(3-2-4-15(11)17)16(20)19-12-5-7-13(8-6-12)21-10-9-18/h2-8H,9-10,18H2,1H3,(H,19,20). The van der Waals surface area contributed by atoms with E-state index in [1.807, 2.05) is 19.1 Å². The van der Waals surface area contributed by atoms with Gasteiger partial charge in [-0.15, -0.1) is 0 Å². The number of halogens is 1. The number of carbonyl (C=O) groups is 1. The maximum Gasteiger partial charge on any atom is 0.255 e. The first-order chi connectivity index (χ1) is 10.1. The first kappa shape index (κ1) is 15.5. The van der Waals surface area contributed by atoms with Crippen molar-refractivity contribution in [3.8, 4) is 5.75 Å². The minimum atomic E-state index is -0.135. The summed E-state index contributed by atoms with van der Waals surface area (Å²) in [6.45, 7) is 2.85. The van der Waals surface area contributed by atoms with Crippen molar-refractivity contribution in [1.29, 1.82) is 0 Å². The van der Waals surface area contributed by atoms with E-state index in [1.54, 1.807) is 30.3 Å². The highest BCUT2D eigenvalue weighted by Gasteiger charge is 2.10. The Balaban J connectivity index is 2.07. The predicted octanol–water partition coefficient (Wildman–Crippen LogP) is 3.35. The number of amides is 1. The van der Waals surface area contributed by atoms with Gasteiger partial charge in [-0.25, -0.2) is 0 Å². The largest absolute Gasteiger partial charge is 0.492 e. The zero-order valence-electron chi connectivity index (χ0n) is 11.7. The minimum absolute atomic E-state index is 0.135. The highest BCUT2D eigenvalue weighted by molar-refractivity contribution is 9.10. The number of hydrogen-bond acceptors (Lipinski definition) is 3. The molecule has 0 aliphatic carbocycles. The minimum Gasteiger partial charge on any atom is -0.492 e. The van der Waals surface area contributed by atoms with Crippen molar-refractivity contribution in [2.75, 3.05) is 18.5 Å². The van der Waals surface area contributed by atoms with Crippen LogP contribution in [0.5, 0.6) is 5.75 Å². The molecule has 0 fully saturated rings. The molecule has 0 saturated carbocycles. The summed E-state index contributed by atoms with van der Waals surface area (Å²) in [5, 5.41) is 2.87. The van der Waals surface area contributed by atoms with Gasteiger partial charge < -0.3 is 15.8 Å². The Morgan fingerprint density at radius 1 is 1.24 bits per heavy atom. The first-order valence-corrected chi connectivity index (χ1v) is 7.40. The number of rotatable bonds is 5. The highest BCUT2D eigenvalue weighted by Crippen LogP contribution is 2.21. The Hall–Kier alpha value is -1.85. The van der Waals surface area contributed by atoms with E-state index in [4.69, 9.17) is 10.5 Å². The summed E-state index contributed by atoms with van der Waals surface area (Å²) >= 11 is 3.43. The Morgan fingerprint density at radius 2 is 1.95 bits per heavy atom. The van der Waals surface area contributed by atoms with Gasteiger partial charge in [0, 0.05) is 22.3 Å². The molecule has 3 N–H and O–H groups in total. The summed E-state index contributed by atoms with van der Waals surface area (Å²) in [4.78, 5) is 12.3. The Labute approximate surface area is 132 Å². The number of nitrogens with two attached hydrogens (primary N) is 1. The number of nitrogens with one attached hydrogen (secondary N) is 1. The Kier molecular flexibility index (Phi) is 5.36. The van der Waals surface area contributed by atoms with E-state index in [-0.39, 0.29) is 5.91 Å². The van der Waals surface area contributed by atoms with Crippen LogP contribution in [0.15, 0.2) is 46.9 Å². The monoisotopic (exact) mass is 348 g/mol. The normalized spacial score (nSPS) is 10.2. The summed E-state index contributed by atoms with van der Waals surface area (Å²) in [6, 6.07) is 12.8. The molecule has 0 aromatic heterocycles. The summed E-state index contributed by atoms with van der Waals surface area (Å²) in [6.07, 6.45) is 0. The molecule has 0 atom stereocenters. The van der Waals surface area contributed by atoms with E-state index in [0.29, 0.717) is 18.7 Å². The third-order valence-electron chi connectivity index (χ3n) is 3.01. The summed E-state index contributed by atoms with van der Waals surface area (Å²) in [5.74, 6) is 0.599. The van der Waals surface area contributed by atoms with E-state index < -0.39 is 0 Å². The van der Waals surface area contributed by atoms with Gasteiger partial charge in [-0.1, -0.05) is 22.0 Å². The van der Waals surface area contributed by atoms with Crippen LogP contribution in [0.25, 0.3) is 0 Å². The zero-order valence-corrected chi connectivity index (χ0v) is 13.3. The lowest BCUT2D eigenvalue weighted by Gasteiger charge is -2.10. The molecule has 0 unspecified atom stereocenters. The molecule has 0 spiro atoms. The molecule has 21 heavy (non-hydrogen) atoms. The number of carbonyl (C=O) groups excluding carboxylic acids is 1. The van der Waals surface area contributed by atoms with E-state index in [1.165, 1.54) is 0 Å². The highest BCUT2D eigenvalue weighted by atomic mass is 79.9. The average molecular weight is 349 g/mol. The van der Waals surface area contributed by atoms with Crippen LogP contribution < -0.4 is 15.8 Å². The van der Waals surface area contributed by atoms with Crippen LogP contribution in [0.2, 0.25) is 0 Å². The lowest BCUT2D eigenvalue weighted by molar-refractivity contribution is 0.102. The fourth-order valence-corrected chi connectivity index (χ4v) is 2.23. The van der Waals surface area contributed by atoms with Gasteiger partial charge in [0.05, 0.1) is 0 Å². The number of anilines is 1. The number of benzene rings is 2. The van der Waals surface area contributed by atoms with Crippen LogP contribution in [0.3, 0.4) is 0 Å². The van der Waals surface area contributed by atoms with Gasteiger partial charge in [-0.05, 0) is 48.9 Å². The maximum atomic E-state index is 12.3. The van der Waals surface area contributed by atoms with Crippen molar-refractivity contribution in [2.24, 2.45) is 5.73 Å². The van der Waals surface area contributed by atoms with Crippen LogP contribution in [0.1, 0.15) is 15.9 Å². The third-order valence-corrected chi connectivity index (χ3v) is 3.87. The van der Waals surface area contributed by atoms with Crippen molar-refractivity contribution in [2.45, 2.75) is 6.92 Å². The molecule has 1 amide bonds. The van der Waals surface area contributed by atoms with E-state index in [2.05, 4.69) is 21.2 Å². The Bertz CT molecular complexity index is 627. The fourth-order valence-electron chi connectivity index (χ4n) is 1.86. The molecular weight excluding hydrogens is 332 g/mol. The van der Waals surface area contributed by atoms with Gasteiger partial charge in [0.15, 0.2) is 0 Å². The molecule has 110 valence electrons. The molecule has 0 radical (unpaired) electrons. The second kappa shape index (κ2) is 7.24. The fraction of sp³-hybridized carbons (Fsp3) is 0.188. The summed E-state index contributed by atoms with van der Waals surface area (Å²) in [7, 11) is 0.